The number of hydrogen-bond acceptors (Lipinski definition) is 9. The molecule has 0 saturated carbocycles. The van der Waals surface area contributed by atoms with Gasteiger partial charge < -0.3 is 35.8 Å². The van der Waals surface area contributed by atoms with Crippen LogP contribution in [0.15, 0.2) is 60.7 Å². The molecule has 0 heterocycles. The standard InChI is InChI=1S/C43H64N4O9/c1-25(2)34(40(51)46-36(27(5)6)42(53)55-9)44-38(49)31(21-29-17-13-11-14-18-29)23-33(48)24-32(22-30-19-15-12-16-20-30)39(50)45-35(26(3)4)41(52)47-37(28(7)8)43(54)56-10/h11-20,25-28,31-37,48H,21-24H2,1-10H3,(H,44,49)(H,45,50)(H,46,51)(H,47,52)/t31?,32?,33?,34-,35-,36-,37-/m0/s1. The molecule has 0 aliphatic heterocycles. The molecule has 5 N–H and O–H groups in total. The van der Waals surface area contributed by atoms with Gasteiger partial charge in [0.1, 0.15) is 24.2 Å². The Morgan fingerprint density at radius 1 is 0.482 bits per heavy atom. The number of nitrogens with one attached hydrogen (secondary N) is 4. The largest absolute Gasteiger partial charge is 0.467 e. The normalized spacial score (nSPS) is 15.2. The summed E-state index contributed by atoms with van der Waals surface area (Å²) in [6.07, 6.45) is -0.719. The minimum Gasteiger partial charge on any atom is -0.467 e. The van der Waals surface area contributed by atoms with Crippen molar-refractivity contribution in [1.82, 2.24) is 21.3 Å². The number of rotatable bonds is 22. The molecule has 0 fully saturated rings. The van der Waals surface area contributed by atoms with Gasteiger partial charge in [0.25, 0.3) is 0 Å². The van der Waals surface area contributed by atoms with Gasteiger partial charge in [-0.25, -0.2) is 9.59 Å². The highest BCUT2D eigenvalue weighted by atomic mass is 16.5. The molecule has 2 aromatic rings. The van der Waals surface area contributed by atoms with Crippen LogP contribution in [0.3, 0.4) is 0 Å². The van der Waals surface area contributed by atoms with Gasteiger partial charge in [-0.1, -0.05) is 116 Å². The van der Waals surface area contributed by atoms with Crippen molar-refractivity contribution in [1.29, 1.82) is 0 Å². The van der Waals surface area contributed by atoms with Gasteiger partial charge in [0.05, 0.1) is 20.3 Å². The lowest BCUT2D eigenvalue weighted by Crippen LogP contribution is -2.56. The second-order valence-electron chi connectivity index (χ2n) is 15.9. The molecule has 310 valence electrons. The third-order valence-electron chi connectivity index (χ3n) is 9.84. The van der Waals surface area contributed by atoms with Crippen LogP contribution in [0.4, 0.5) is 0 Å². The van der Waals surface area contributed by atoms with E-state index in [4.69, 9.17) is 9.47 Å². The molecule has 0 aliphatic carbocycles. The smallest absolute Gasteiger partial charge is 0.328 e. The Morgan fingerprint density at radius 3 is 1.04 bits per heavy atom. The third kappa shape index (κ3) is 15.0. The average molecular weight is 781 g/mol. The summed E-state index contributed by atoms with van der Waals surface area (Å²) in [6.45, 7) is 14.2. The van der Waals surface area contributed by atoms with Gasteiger partial charge in [-0.2, -0.15) is 0 Å². The van der Waals surface area contributed by atoms with Gasteiger partial charge >= 0.3 is 11.9 Å². The highest BCUT2D eigenvalue weighted by molar-refractivity contribution is 5.92. The number of hydrogen-bond donors (Lipinski definition) is 5. The SMILES string of the molecule is COC(=O)[C@@H](NC(=O)[C@@H](NC(=O)C(Cc1ccccc1)CC(O)CC(Cc1ccccc1)C(=O)N[C@H](C(=O)N[C@H](C(=O)OC)C(C)C)C(C)C)C(C)C)C(C)C. The van der Waals surface area contributed by atoms with E-state index in [1.165, 1.54) is 14.2 Å². The quantitative estimate of drug-likeness (QED) is 0.111. The first kappa shape index (κ1) is 47.4. The molecule has 0 aromatic heterocycles. The molecule has 4 amide bonds. The van der Waals surface area contributed by atoms with Crippen molar-refractivity contribution >= 4 is 35.6 Å². The summed E-state index contributed by atoms with van der Waals surface area (Å²) in [4.78, 5) is 79.9. The predicted molar refractivity (Wildman–Crippen MR) is 214 cm³/mol. The number of benzene rings is 2. The highest BCUT2D eigenvalue weighted by Gasteiger charge is 2.36. The van der Waals surface area contributed by atoms with Crippen molar-refractivity contribution in [2.75, 3.05) is 14.2 Å². The fraction of sp³-hybridized carbons (Fsp3) is 0.581. The molecular formula is C43H64N4O9. The van der Waals surface area contributed by atoms with Crippen molar-refractivity contribution in [3.8, 4) is 0 Å². The molecule has 0 radical (unpaired) electrons. The minimum absolute atomic E-state index is 0.0359. The van der Waals surface area contributed by atoms with Crippen LogP contribution < -0.4 is 21.3 Å². The van der Waals surface area contributed by atoms with Crippen LogP contribution in [0, 0.1) is 35.5 Å². The number of methoxy groups -OCH3 is 2. The first-order valence-electron chi connectivity index (χ1n) is 19.5. The van der Waals surface area contributed by atoms with Crippen LogP contribution in [0.2, 0.25) is 0 Å². The van der Waals surface area contributed by atoms with Gasteiger partial charge in [-0.3, -0.25) is 19.2 Å². The number of aliphatic hydroxyl groups excluding tert-OH is 1. The van der Waals surface area contributed by atoms with E-state index in [9.17, 15) is 33.9 Å². The van der Waals surface area contributed by atoms with E-state index in [2.05, 4.69) is 21.3 Å². The molecular weight excluding hydrogens is 716 g/mol. The van der Waals surface area contributed by atoms with Crippen molar-refractivity contribution in [3.63, 3.8) is 0 Å². The first-order chi connectivity index (χ1) is 26.4. The summed E-state index contributed by atoms with van der Waals surface area (Å²) in [7, 11) is 2.49. The van der Waals surface area contributed by atoms with E-state index in [0.717, 1.165) is 11.1 Å². The summed E-state index contributed by atoms with van der Waals surface area (Å²) in [5.41, 5.74) is 1.68. The molecule has 2 unspecified atom stereocenters. The molecule has 13 heteroatoms. The van der Waals surface area contributed by atoms with Crippen LogP contribution in [0.25, 0.3) is 0 Å². The first-order valence-corrected chi connectivity index (χ1v) is 19.5. The number of ether oxygens (including phenoxy) is 2. The zero-order chi connectivity index (χ0) is 42.1. The maximum Gasteiger partial charge on any atom is 0.328 e. The average Bonchev–Trinajstić information content (AvgIpc) is 3.15. The number of carbonyl (C=O) groups excluding carboxylic acids is 6. The van der Waals surface area contributed by atoms with Gasteiger partial charge in [0.15, 0.2) is 0 Å². The number of esters is 2. The van der Waals surface area contributed by atoms with E-state index < -0.39 is 77.7 Å². The van der Waals surface area contributed by atoms with Crippen LogP contribution >= 0.6 is 0 Å². The second-order valence-corrected chi connectivity index (χ2v) is 15.9. The van der Waals surface area contributed by atoms with Gasteiger partial charge in [-0.05, 0) is 60.5 Å². The molecule has 2 rings (SSSR count). The van der Waals surface area contributed by atoms with Crippen molar-refractivity contribution in [2.24, 2.45) is 35.5 Å². The number of amides is 4. The molecule has 6 atom stereocenters. The summed E-state index contributed by atoms with van der Waals surface area (Å²) >= 11 is 0. The molecule has 2 aromatic carbocycles. The lowest BCUT2D eigenvalue weighted by Gasteiger charge is -2.29. The van der Waals surface area contributed by atoms with E-state index in [-0.39, 0.29) is 49.4 Å². The Kier molecular flexibility index (Phi) is 19.7. The second kappa shape index (κ2) is 23.3. The zero-order valence-electron chi connectivity index (χ0n) is 34.7. The van der Waals surface area contributed by atoms with Gasteiger partial charge in [0, 0.05) is 11.8 Å². The molecule has 0 aliphatic rings. The van der Waals surface area contributed by atoms with Gasteiger partial charge in [0.2, 0.25) is 23.6 Å². The lowest BCUT2D eigenvalue weighted by atomic mass is 9.86. The molecule has 13 nitrogen and oxygen atoms in total. The number of aliphatic hydroxyl groups is 1. The molecule has 0 spiro atoms. The van der Waals surface area contributed by atoms with E-state index in [1.54, 1.807) is 55.4 Å². The highest BCUT2D eigenvalue weighted by Crippen LogP contribution is 2.23. The summed E-state index contributed by atoms with van der Waals surface area (Å²) in [5, 5.41) is 22.9. The maximum atomic E-state index is 14.1. The molecule has 0 saturated heterocycles. The minimum atomic E-state index is -1.14. The Hall–Kier alpha value is -4.78. The topological polar surface area (TPSA) is 189 Å². The predicted octanol–water partition coefficient (Wildman–Crippen LogP) is 3.75. The fourth-order valence-electron chi connectivity index (χ4n) is 6.46. The Labute approximate surface area is 332 Å². The summed E-state index contributed by atoms with van der Waals surface area (Å²) in [6, 6.07) is 14.8. The van der Waals surface area contributed by atoms with E-state index in [0.29, 0.717) is 0 Å². The zero-order valence-corrected chi connectivity index (χ0v) is 34.7. The van der Waals surface area contributed by atoms with Crippen molar-refractivity contribution in [3.05, 3.63) is 71.8 Å². The Balaban J connectivity index is 2.38. The van der Waals surface area contributed by atoms with Crippen LogP contribution in [0.5, 0.6) is 0 Å². The van der Waals surface area contributed by atoms with Crippen molar-refractivity contribution in [2.45, 2.75) is 111 Å². The van der Waals surface area contributed by atoms with Gasteiger partial charge in [-0.15, -0.1) is 0 Å². The molecule has 56 heavy (non-hydrogen) atoms. The Bertz CT molecular complexity index is 1450. The third-order valence-corrected chi connectivity index (χ3v) is 9.84. The Morgan fingerprint density at radius 2 is 0.768 bits per heavy atom. The lowest BCUT2D eigenvalue weighted by molar-refractivity contribution is -0.147. The summed E-state index contributed by atoms with van der Waals surface area (Å²) in [5.74, 6) is -6.02. The molecule has 0 bridgehead atoms. The van der Waals surface area contributed by atoms with Crippen LogP contribution in [-0.2, 0) is 51.1 Å². The monoisotopic (exact) mass is 780 g/mol. The van der Waals surface area contributed by atoms with E-state index >= 15 is 0 Å². The van der Waals surface area contributed by atoms with Crippen LogP contribution in [0.1, 0.15) is 79.4 Å². The van der Waals surface area contributed by atoms with Crippen LogP contribution in [-0.4, -0.2) is 85.2 Å². The van der Waals surface area contributed by atoms with E-state index in [1.807, 2.05) is 60.7 Å². The summed E-state index contributed by atoms with van der Waals surface area (Å²) < 4.78 is 9.75. The van der Waals surface area contributed by atoms with Crippen molar-refractivity contribution < 1.29 is 43.3 Å². The fourth-order valence-corrected chi connectivity index (χ4v) is 6.46. The number of carbonyl (C=O) groups is 6. The maximum absolute atomic E-state index is 14.1.